The molecule has 0 bridgehead atoms. The van der Waals surface area contributed by atoms with Crippen molar-refractivity contribution >= 4 is 17.3 Å². The lowest BCUT2D eigenvalue weighted by atomic mass is 10.1. The van der Waals surface area contributed by atoms with Crippen molar-refractivity contribution in [3.8, 4) is 0 Å². The van der Waals surface area contributed by atoms with Gasteiger partial charge in [0.2, 0.25) is 0 Å². The molecule has 21 heavy (non-hydrogen) atoms. The van der Waals surface area contributed by atoms with E-state index < -0.39 is 4.92 Å². The predicted octanol–water partition coefficient (Wildman–Crippen LogP) is 2.57. The van der Waals surface area contributed by atoms with Gasteiger partial charge >= 0.3 is 0 Å². The molecule has 2 N–H and O–H groups in total. The highest BCUT2D eigenvalue weighted by Crippen LogP contribution is 2.15. The zero-order valence-electron chi connectivity index (χ0n) is 11.5. The topological polar surface area (TPSA) is 84.3 Å². The van der Waals surface area contributed by atoms with Gasteiger partial charge in [-0.15, -0.1) is 0 Å². The smallest absolute Gasteiger partial charge is 0.269 e. The van der Waals surface area contributed by atoms with E-state index in [0.29, 0.717) is 17.8 Å². The summed E-state index contributed by atoms with van der Waals surface area (Å²) in [6.45, 7) is 0.710. The second-order valence-corrected chi connectivity index (χ2v) is 4.49. The molecule has 0 atom stereocenters. The number of carbonyl (C=O) groups excluding carboxylic acids is 1. The number of hydrogen-bond acceptors (Lipinski definition) is 4. The monoisotopic (exact) mass is 285 g/mol. The second kappa shape index (κ2) is 6.62. The van der Waals surface area contributed by atoms with Crippen LogP contribution >= 0.6 is 0 Å². The van der Waals surface area contributed by atoms with Crippen molar-refractivity contribution < 1.29 is 9.72 Å². The molecule has 0 radical (unpaired) electrons. The summed E-state index contributed by atoms with van der Waals surface area (Å²) >= 11 is 0. The molecule has 6 nitrogen and oxygen atoms in total. The molecule has 2 aromatic carbocycles. The Morgan fingerprint density at radius 1 is 1.19 bits per heavy atom. The third kappa shape index (κ3) is 3.87. The second-order valence-electron chi connectivity index (χ2n) is 4.49. The van der Waals surface area contributed by atoms with Gasteiger partial charge in [0.15, 0.2) is 0 Å². The maximum absolute atomic E-state index is 12.1. The Labute approximate surface area is 121 Å². The van der Waals surface area contributed by atoms with Crippen LogP contribution in [0.4, 0.5) is 11.4 Å². The number of nitro groups is 1. The Morgan fingerprint density at radius 2 is 1.90 bits per heavy atom. The number of hydrogen-bond donors (Lipinski definition) is 2. The highest BCUT2D eigenvalue weighted by atomic mass is 16.6. The van der Waals surface area contributed by atoms with Crippen molar-refractivity contribution in [1.82, 2.24) is 5.32 Å². The first-order valence-electron chi connectivity index (χ1n) is 6.39. The molecule has 0 heterocycles. The number of amides is 1. The molecule has 0 aliphatic carbocycles. The van der Waals surface area contributed by atoms with Gasteiger partial charge in [0.25, 0.3) is 11.6 Å². The molecule has 0 aliphatic heterocycles. The Bertz CT molecular complexity index is 653. The van der Waals surface area contributed by atoms with Crippen molar-refractivity contribution in [2.24, 2.45) is 0 Å². The minimum absolute atomic E-state index is 0.0393. The molecular formula is C15H15N3O3. The van der Waals surface area contributed by atoms with Gasteiger partial charge in [0.1, 0.15) is 0 Å². The van der Waals surface area contributed by atoms with E-state index in [1.807, 2.05) is 25.2 Å². The van der Waals surface area contributed by atoms with Gasteiger partial charge in [0.05, 0.1) is 4.92 Å². The Kier molecular flexibility index (Phi) is 4.63. The summed E-state index contributed by atoms with van der Waals surface area (Å²) in [5.74, 6) is -0.300. The SMILES string of the molecule is CNCc1cccc(NC(=O)c2ccc([N+](=O)[O-])cc2)c1. The molecule has 0 saturated heterocycles. The van der Waals surface area contributed by atoms with Gasteiger partial charge in [-0.2, -0.15) is 0 Å². The predicted molar refractivity (Wildman–Crippen MR) is 80.3 cm³/mol. The van der Waals surface area contributed by atoms with Crippen molar-refractivity contribution in [2.75, 3.05) is 12.4 Å². The lowest BCUT2D eigenvalue weighted by molar-refractivity contribution is -0.384. The zero-order chi connectivity index (χ0) is 15.2. The fourth-order valence-electron chi connectivity index (χ4n) is 1.90. The molecule has 0 saturated carbocycles. The van der Waals surface area contributed by atoms with Gasteiger partial charge in [-0.25, -0.2) is 0 Å². The van der Waals surface area contributed by atoms with E-state index in [1.165, 1.54) is 24.3 Å². The zero-order valence-corrected chi connectivity index (χ0v) is 11.5. The summed E-state index contributed by atoms with van der Waals surface area (Å²) in [6.07, 6.45) is 0. The number of carbonyl (C=O) groups is 1. The van der Waals surface area contributed by atoms with E-state index in [0.717, 1.165) is 5.56 Å². The van der Waals surface area contributed by atoms with Crippen LogP contribution in [-0.2, 0) is 6.54 Å². The van der Waals surface area contributed by atoms with Gasteiger partial charge in [0, 0.05) is 29.9 Å². The highest BCUT2D eigenvalue weighted by Gasteiger charge is 2.09. The van der Waals surface area contributed by atoms with Crippen LogP contribution in [0, 0.1) is 10.1 Å². The fourth-order valence-corrected chi connectivity index (χ4v) is 1.90. The summed E-state index contributed by atoms with van der Waals surface area (Å²) in [6, 6.07) is 13.0. The first-order valence-corrected chi connectivity index (χ1v) is 6.39. The van der Waals surface area contributed by atoms with Crippen LogP contribution in [0.5, 0.6) is 0 Å². The summed E-state index contributed by atoms with van der Waals surface area (Å²) in [5.41, 5.74) is 2.08. The number of anilines is 1. The van der Waals surface area contributed by atoms with Crippen LogP contribution in [0.3, 0.4) is 0 Å². The Hall–Kier alpha value is -2.73. The Balaban J connectivity index is 2.10. The molecule has 0 aliphatic rings. The molecule has 0 spiro atoms. The molecule has 6 heteroatoms. The molecule has 0 unspecified atom stereocenters. The summed E-state index contributed by atoms with van der Waals surface area (Å²) < 4.78 is 0. The van der Waals surface area contributed by atoms with Crippen molar-refractivity contribution in [3.63, 3.8) is 0 Å². The first kappa shape index (κ1) is 14.7. The molecule has 2 rings (SSSR count). The van der Waals surface area contributed by atoms with Crippen molar-refractivity contribution in [1.29, 1.82) is 0 Å². The number of nitrogens with one attached hydrogen (secondary N) is 2. The summed E-state index contributed by atoms with van der Waals surface area (Å²) in [4.78, 5) is 22.1. The Morgan fingerprint density at radius 3 is 2.52 bits per heavy atom. The van der Waals surface area contributed by atoms with Gasteiger partial charge in [-0.3, -0.25) is 14.9 Å². The van der Waals surface area contributed by atoms with Crippen LogP contribution in [0.25, 0.3) is 0 Å². The highest BCUT2D eigenvalue weighted by molar-refractivity contribution is 6.04. The van der Waals surface area contributed by atoms with E-state index in [4.69, 9.17) is 0 Å². The maximum atomic E-state index is 12.1. The minimum atomic E-state index is -0.497. The normalized spacial score (nSPS) is 10.1. The van der Waals surface area contributed by atoms with E-state index in [2.05, 4.69) is 10.6 Å². The first-order chi connectivity index (χ1) is 10.1. The van der Waals surface area contributed by atoms with Gasteiger partial charge < -0.3 is 10.6 Å². The van der Waals surface area contributed by atoms with E-state index in [1.54, 1.807) is 6.07 Å². The number of nitro benzene ring substituents is 1. The van der Waals surface area contributed by atoms with Crippen LogP contribution in [-0.4, -0.2) is 17.9 Å². The maximum Gasteiger partial charge on any atom is 0.269 e. The third-order valence-corrected chi connectivity index (χ3v) is 2.91. The van der Waals surface area contributed by atoms with Crippen LogP contribution in [0.15, 0.2) is 48.5 Å². The average molecular weight is 285 g/mol. The largest absolute Gasteiger partial charge is 0.322 e. The van der Waals surface area contributed by atoms with Gasteiger partial charge in [-0.1, -0.05) is 12.1 Å². The van der Waals surface area contributed by atoms with E-state index >= 15 is 0 Å². The van der Waals surface area contributed by atoms with Crippen molar-refractivity contribution in [3.05, 3.63) is 69.8 Å². The van der Waals surface area contributed by atoms with E-state index in [9.17, 15) is 14.9 Å². The lowest BCUT2D eigenvalue weighted by Gasteiger charge is -2.07. The number of rotatable bonds is 5. The van der Waals surface area contributed by atoms with Gasteiger partial charge in [-0.05, 0) is 36.9 Å². The van der Waals surface area contributed by atoms with E-state index in [-0.39, 0.29) is 11.6 Å². The third-order valence-electron chi connectivity index (χ3n) is 2.91. The quantitative estimate of drug-likeness (QED) is 0.653. The number of nitrogens with zero attached hydrogens (tertiary/aromatic N) is 1. The summed E-state index contributed by atoms with van der Waals surface area (Å²) in [7, 11) is 1.85. The average Bonchev–Trinajstić information content (AvgIpc) is 2.48. The lowest BCUT2D eigenvalue weighted by Crippen LogP contribution is -2.12. The molecule has 1 amide bonds. The molecule has 0 fully saturated rings. The van der Waals surface area contributed by atoms with Crippen LogP contribution in [0.2, 0.25) is 0 Å². The molecule has 0 aromatic heterocycles. The molecular weight excluding hydrogens is 270 g/mol. The number of non-ortho nitro benzene ring substituents is 1. The molecule has 108 valence electrons. The fraction of sp³-hybridized carbons (Fsp3) is 0.133. The number of benzene rings is 2. The molecule has 2 aromatic rings. The standard InChI is InChI=1S/C15H15N3O3/c1-16-10-11-3-2-4-13(9-11)17-15(19)12-5-7-14(8-6-12)18(20)21/h2-9,16H,10H2,1H3,(H,17,19). The van der Waals surface area contributed by atoms with Crippen LogP contribution in [0.1, 0.15) is 15.9 Å². The summed E-state index contributed by atoms with van der Waals surface area (Å²) in [5, 5.41) is 16.4. The van der Waals surface area contributed by atoms with Crippen molar-refractivity contribution in [2.45, 2.75) is 6.54 Å². The van der Waals surface area contributed by atoms with Crippen LogP contribution < -0.4 is 10.6 Å². The minimum Gasteiger partial charge on any atom is -0.322 e.